The Labute approximate surface area is 101 Å². The summed E-state index contributed by atoms with van der Waals surface area (Å²) >= 11 is 5.95. The largest absolute Gasteiger partial charge is 0.361 e. The number of pyridine rings is 2. The molecule has 2 aromatic rings. The molecule has 0 aliphatic rings. The van der Waals surface area contributed by atoms with Crippen molar-refractivity contribution in [2.45, 2.75) is 0 Å². The Balaban J connectivity index is 3.07. The Morgan fingerprint density at radius 2 is 2.29 bits per heavy atom. The lowest BCUT2D eigenvalue weighted by atomic mass is 10.2. The van der Waals surface area contributed by atoms with Gasteiger partial charge in [-0.2, -0.15) is 5.26 Å². The minimum Gasteiger partial charge on any atom is -0.361 e. The molecule has 0 aliphatic heterocycles. The van der Waals surface area contributed by atoms with Crippen LogP contribution in [0.3, 0.4) is 0 Å². The molecule has 0 atom stereocenters. The van der Waals surface area contributed by atoms with Crippen LogP contribution in [-0.4, -0.2) is 9.55 Å². The third-order valence-corrected chi connectivity index (χ3v) is 2.76. The summed E-state index contributed by atoms with van der Waals surface area (Å²) in [7, 11) is 1.53. The highest BCUT2D eigenvalue weighted by Gasteiger charge is 2.17. The van der Waals surface area contributed by atoms with Gasteiger partial charge in [-0.15, -0.1) is 4.98 Å². The zero-order valence-corrected chi connectivity index (χ0v) is 9.49. The van der Waals surface area contributed by atoms with E-state index in [1.54, 1.807) is 12.1 Å². The Bertz CT molecular complexity index is 764. The van der Waals surface area contributed by atoms with Gasteiger partial charge in [0.1, 0.15) is 16.7 Å². The molecule has 2 aromatic heterocycles. The van der Waals surface area contributed by atoms with Crippen molar-refractivity contribution in [2.75, 3.05) is 0 Å². The molecule has 0 N–H and O–H groups in total. The number of hydrogen-bond acceptors (Lipinski definition) is 3. The first-order chi connectivity index (χ1) is 8.10. The van der Waals surface area contributed by atoms with Crippen molar-refractivity contribution in [3.8, 4) is 6.07 Å². The molecule has 17 heavy (non-hydrogen) atoms. The van der Waals surface area contributed by atoms with E-state index in [0.29, 0.717) is 11.0 Å². The van der Waals surface area contributed by atoms with Crippen molar-refractivity contribution >= 4 is 28.5 Å². The van der Waals surface area contributed by atoms with Crippen LogP contribution in [0.4, 0.5) is 5.82 Å². The number of nitriles is 1. The van der Waals surface area contributed by atoms with E-state index in [2.05, 4.69) is 9.83 Å². The maximum Gasteiger partial charge on any atom is 0.270 e. The van der Waals surface area contributed by atoms with Crippen molar-refractivity contribution in [1.29, 1.82) is 5.26 Å². The normalized spacial score (nSPS) is 9.88. The van der Waals surface area contributed by atoms with E-state index in [1.807, 2.05) is 0 Å². The fourth-order valence-electron chi connectivity index (χ4n) is 1.52. The molecule has 2 heterocycles. The van der Waals surface area contributed by atoms with E-state index in [1.165, 1.54) is 17.7 Å². The predicted molar refractivity (Wildman–Crippen MR) is 63.0 cm³/mol. The maximum atomic E-state index is 11.8. The molecule has 0 fully saturated rings. The number of hydrogen-bond donors (Lipinski definition) is 0. The molecule has 82 valence electrons. The SMILES string of the molecule is [C-]#[N+]c1ccc2c(n1)c(Cl)c(C#N)c(=O)n2C. The third-order valence-electron chi connectivity index (χ3n) is 2.39. The van der Waals surface area contributed by atoms with Gasteiger partial charge in [0.2, 0.25) is 0 Å². The fourth-order valence-corrected chi connectivity index (χ4v) is 1.78. The van der Waals surface area contributed by atoms with Gasteiger partial charge in [0.25, 0.3) is 11.4 Å². The maximum absolute atomic E-state index is 11.8. The van der Waals surface area contributed by atoms with E-state index in [4.69, 9.17) is 23.4 Å². The van der Waals surface area contributed by atoms with Crippen LogP contribution < -0.4 is 5.56 Å². The second-order valence-electron chi connectivity index (χ2n) is 3.31. The van der Waals surface area contributed by atoms with E-state index in [-0.39, 0.29) is 16.4 Å². The zero-order valence-electron chi connectivity index (χ0n) is 8.73. The molecule has 0 aromatic carbocycles. The van der Waals surface area contributed by atoms with Gasteiger partial charge in [0, 0.05) is 7.05 Å². The van der Waals surface area contributed by atoms with Crippen LogP contribution in [0.25, 0.3) is 15.9 Å². The number of halogens is 1. The molecule has 0 saturated carbocycles. The molecular weight excluding hydrogens is 240 g/mol. The van der Waals surface area contributed by atoms with Gasteiger partial charge in [0.15, 0.2) is 5.52 Å². The van der Waals surface area contributed by atoms with Crippen LogP contribution in [-0.2, 0) is 7.05 Å². The van der Waals surface area contributed by atoms with Crippen molar-refractivity contribution < 1.29 is 0 Å². The smallest absolute Gasteiger partial charge is 0.270 e. The quantitative estimate of drug-likeness (QED) is 0.666. The van der Waals surface area contributed by atoms with Crippen LogP contribution in [0.15, 0.2) is 16.9 Å². The summed E-state index contributed by atoms with van der Waals surface area (Å²) in [6.45, 7) is 6.87. The molecule has 0 spiro atoms. The minimum atomic E-state index is -0.470. The Morgan fingerprint density at radius 3 is 2.88 bits per heavy atom. The first kappa shape index (κ1) is 11.1. The highest BCUT2D eigenvalue weighted by molar-refractivity contribution is 6.36. The summed E-state index contributed by atoms with van der Waals surface area (Å²) in [5.74, 6) is 0.168. The highest BCUT2D eigenvalue weighted by Crippen LogP contribution is 2.24. The molecule has 0 saturated heterocycles. The minimum absolute atomic E-state index is 0.00361. The average Bonchev–Trinajstić information content (AvgIpc) is 2.36. The van der Waals surface area contributed by atoms with Crippen LogP contribution in [0.5, 0.6) is 0 Å². The Kier molecular flexibility index (Phi) is 2.55. The van der Waals surface area contributed by atoms with Gasteiger partial charge in [-0.1, -0.05) is 18.2 Å². The molecular formula is C11H5ClN4O. The fraction of sp³-hybridized carbons (Fsp3) is 0.0909. The van der Waals surface area contributed by atoms with Crippen LogP contribution in [0.2, 0.25) is 5.02 Å². The molecule has 0 aliphatic carbocycles. The first-order valence-electron chi connectivity index (χ1n) is 4.57. The number of fused-ring (bicyclic) bond motifs is 1. The Hall–Kier alpha value is -2.37. The van der Waals surface area contributed by atoms with Gasteiger partial charge < -0.3 is 9.41 Å². The van der Waals surface area contributed by atoms with E-state index in [9.17, 15) is 4.79 Å². The highest BCUT2D eigenvalue weighted by atomic mass is 35.5. The monoisotopic (exact) mass is 244 g/mol. The molecule has 0 bridgehead atoms. The van der Waals surface area contributed by atoms with E-state index >= 15 is 0 Å². The topological polar surface area (TPSA) is 63.0 Å². The number of nitrogens with zero attached hydrogens (tertiary/aromatic N) is 4. The van der Waals surface area contributed by atoms with Gasteiger partial charge >= 0.3 is 0 Å². The van der Waals surface area contributed by atoms with Gasteiger partial charge in [-0.25, -0.2) is 0 Å². The summed E-state index contributed by atoms with van der Waals surface area (Å²) in [6.07, 6.45) is 0. The lowest BCUT2D eigenvalue weighted by Gasteiger charge is -2.04. The standard InChI is InChI=1S/C11H5ClN4O/c1-14-8-4-3-7-10(15-8)9(12)6(5-13)11(17)16(7)2/h3-4H,2H3. The second kappa shape index (κ2) is 3.89. The molecule has 0 unspecified atom stereocenters. The lowest BCUT2D eigenvalue weighted by Crippen LogP contribution is -2.20. The number of rotatable bonds is 0. The van der Waals surface area contributed by atoms with Crippen LogP contribution in [0.1, 0.15) is 5.56 Å². The summed E-state index contributed by atoms with van der Waals surface area (Å²) in [5, 5.41) is 8.87. The summed E-state index contributed by atoms with van der Waals surface area (Å²) in [5.41, 5.74) is 0.156. The molecule has 5 nitrogen and oxygen atoms in total. The van der Waals surface area contributed by atoms with Gasteiger partial charge in [-0.3, -0.25) is 4.79 Å². The molecule has 6 heteroatoms. The zero-order chi connectivity index (χ0) is 12.6. The van der Waals surface area contributed by atoms with Gasteiger partial charge in [-0.05, 0) is 12.1 Å². The van der Waals surface area contributed by atoms with Crippen molar-refractivity contribution in [1.82, 2.24) is 9.55 Å². The number of aromatic nitrogens is 2. The predicted octanol–water partition coefficient (Wildman–Crippen LogP) is 2.01. The molecule has 2 rings (SSSR count). The van der Waals surface area contributed by atoms with Crippen molar-refractivity contribution in [3.63, 3.8) is 0 Å². The van der Waals surface area contributed by atoms with Crippen LogP contribution in [0, 0.1) is 17.9 Å². The van der Waals surface area contributed by atoms with Crippen LogP contribution >= 0.6 is 11.6 Å². The van der Waals surface area contributed by atoms with E-state index in [0.717, 1.165) is 0 Å². The average molecular weight is 245 g/mol. The lowest BCUT2D eigenvalue weighted by molar-refractivity contribution is 0.898. The summed E-state index contributed by atoms with van der Waals surface area (Å²) < 4.78 is 1.29. The third kappa shape index (κ3) is 1.54. The van der Waals surface area contributed by atoms with Crippen molar-refractivity contribution in [2.24, 2.45) is 7.05 Å². The first-order valence-corrected chi connectivity index (χ1v) is 4.94. The summed E-state index contributed by atoms with van der Waals surface area (Å²) in [6, 6.07) is 4.84. The summed E-state index contributed by atoms with van der Waals surface area (Å²) in [4.78, 5) is 18.9. The Morgan fingerprint density at radius 1 is 1.59 bits per heavy atom. The van der Waals surface area contributed by atoms with Gasteiger partial charge in [0.05, 0.1) is 5.52 Å². The van der Waals surface area contributed by atoms with E-state index < -0.39 is 5.56 Å². The van der Waals surface area contributed by atoms with Crippen molar-refractivity contribution in [3.05, 3.63) is 44.5 Å². The second-order valence-corrected chi connectivity index (χ2v) is 3.69. The number of aryl methyl sites for hydroxylation is 1. The molecule has 0 amide bonds. The molecule has 0 radical (unpaired) electrons.